The normalized spacial score (nSPS) is 10.3. The van der Waals surface area contributed by atoms with Gasteiger partial charge in [-0.15, -0.1) is 0 Å². The first-order valence-electron chi connectivity index (χ1n) is 9.57. The summed E-state index contributed by atoms with van der Waals surface area (Å²) < 4.78 is 10.6. The Bertz CT molecular complexity index is 1030. The second-order valence-corrected chi connectivity index (χ2v) is 6.66. The van der Waals surface area contributed by atoms with Gasteiger partial charge in [0.25, 0.3) is 11.8 Å². The molecule has 0 radical (unpaired) electrons. The molecule has 154 valence electrons. The zero-order valence-electron chi connectivity index (χ0n) is 17.0. The Kier molecular flexibility index (Phi) is 7.19. The van der Waals surface area contributed by atoms with Gasteiger partial charge in [-0.3, -0.25) is 9.59 Å². The van der Waals surface area contributed by atoms with Crippen molar-refractivity contribution in [3.8, 4) is 5.75 Å². The molecule has 0 aliphatic rings. The van der Waals surface area contributed by atoms with Crippen LogP contribution >= 0.6 is 0 Å². The largest absolute Gasteiger partial charge is 0.490 e. The lowest BCUT2D eigenvalue weighted by molar-refractivity contribution is 0.101. The predicted octanol–water partition coefficient (Wildman–Crippen LogP) is 4.52. The maximum absolute atomic E-state index is 12.9. The number of hydrogen-bond donors (Lipinski definition) is 2. The van der Waals surface area contributed by atoms with Crippen molar-refractivity contribution in [1.29, 1.82) is 0 Å². The molecule has 6 nitrogen and oxygen atoms in total. The third-order valence-electron chi connectivity index (χ3n) is 4.37. The summed E-state index contributed by atoms with van der Waals surface area (Å²) in [7, 11) is 1.58. The number of benzene rings is 3. The number of methoxy groups -OCH3 is 1. The van der Waals surface area contributed by atoms with Crippen LogP contribution in [0.4, 0.5) is 11.4 Å². The van der Waals surface area contributed by atoms with Crippen molar-refractivity contribution in [1.82, 2.24) is 0 Å². The minimum absolute atomic E-state index is 0.305. The van der Waals surface area contributed by atoms with E-state index in [2.05, 4.69) is 10.6 Å². The molecular weight excluding hydrogens is 380 g/mol. The van der Waals surface area contributed by atoms with Crippen LogP contribution in [0, 0.1) is 6.92 Å². The number of anilines is 2. The summed E-state index contributed by atoms with van der Waals surface area (Å²) >= 11 is 0. The van der Waals surface area contributed by atoms with Gasteiger partial charge >= 0.3 is 0 Å². The molecule has 0 aliphatic carbocycles. The van der Waals surface area contributed by atoms with Crippen molar-refractivity contribution >= 4 is 23.2 Å². The quantitative estimate of drug-likeness (QED) is 0.541. The summed E-state index contributed by atoms with van der Waals surface area (Å²) in [4.78, 5) is 25.7. The van der Waals surface area contributed by atoms with Crippen LogP contribution in [0.3, 0.4) is 0 Å². The van der Waals surface area contributed by atoms with E-state index < -0.39 is 0 Å². The number of aryl methyl sites for hydroxylation is 1. The molecule has 3 rings (SSSR count). The monoisotopic (exact) mass is 404 g/mol. The minimum atomic E-state index is -0.362. The van der Waals surface area contributed by atoms with E-state index in [1.54, 1.807) is 55.6 Å². The molecule has 0 spiro atoms. The van der Waals surface area contributed by atoms with E-state index in [9.17, 15) is 9.59 Å². The Labute approximate surface area is 175 Å². The molecule has 3 aromatic carbocycles. The molecule has 2 amide bonds. The Hall–Kier alpha value is -3.64. The van der Waals surface area contributed by atoms with Gasteiger partial charge in [-0.2, -0.15) is 0 Å². The molecule has 6 heteroatoms. The van der Waals surface area contributed by atoms with Crippen LogP contribution < -0.4 is 15.4 Å². The number of ether oxygens (including phenoxy) is 2. The number of carbonyl (C=O) groups is 2. The van der Waals surface area contributed by atoms with Crippen LogP contribution in [0.1, 0.15) is 26.3 Å². The van der Waals surface area contributed by atoms with Gasteiger partial charge in [0.15, 0.2) is 0 Å². The zero-order chi connectivity index (χ0) is 21.3. The van der Waals surface area contributed by atoms with Gasteiger partial charge in [0.2, 0.25) is 0 Å². The molecule has 0 unspecified atom stereocenters. The third kappa shape index (κ3) is 5.46. The van der Waals surface area contributed by atoms with Crippen LogP contribution in [0.15, 0.2) is 72.8 Å². The molecule has 0 aromatic heterocycles. The Morgan fingerprint density at radius 2 is 1.50 bits per heavy atom. The molecule has 0 heterocycles. The van der Waals surface area contributed by atoms with Crippen LogP contribution in [-0.4, -0.2) is 32.1 Å². The predicted molar refractivity (Wildman–Crippen MR) is 117 cm³/mol. The Morgan fingerprint density at radius 1 is 0.800 bits per heavy atom. The zero-order valence-corrected chi connectivity index (χ0v) is 17.0. The van der Waals surface area contributed by atoms with Crippen LogP contribution in [0.2, 0.25) is 0 Å². The Balaban J connectivity index is 1.78. The summed E-state index contributed by atoms with van der Waals surface area (Å²) in [5.41, 5.74) is 2.89. The topological polar surface area (TPSA) is 76.7 Å². The van der Waals surface area contributed by atoms with E-state index in [4.69, 9.17) is 9.47 Å². The summed E-state index contributed by atoms with van der Waals surface area (Å²) in [5, 5.41) is 5.69. The van der Waals surface area contributed by atoms with E-state index in [0.717, 1.165) is 5.56 Å². The molecule has 3 aromatic rings. The van der Waals surface area contributed by atoms with Crippen molar-refractivity contribution in [3.63, 3.8) is 0 Å². The summed E-state index contributed by atoms with van der Waals surface area (Å²) in [6, 6.07) is 21.4. The number of nitrogens with one attached hydrogen (secondary N) is 2. The molecule has 0 bridgehead atoms. The summed E-state index contributed by atoms with van der Waals surface area (Å²) in [5.74, 6) is -0.214. The van der Waals surface area contributed by atoms with E-state index in [1.807, 2.05) is 31.2 Å². The second-order valence-electron chi connectivity index (χ2n) is 6.66. The maximum Gasteiger partial charge on any atom is 0.259 e. The molecule has 0 atom stereocenters. The molecule has 0 aliphatic heterocycles. The number of hydrogen-bond acceptors (Lipinski definition) is 4. The molecule has 30 heavy (non-hydrogen) atoms. The van der Waals surface area contributed by atoms with Crippen LogP contribution in [0.5, 0.6) is 5.75 Å². The fourth-order valence-corrected chi connectivity index (χ4v) is 2.92. The standard InChI is InChI=1S/C24H24N2O4/c1-17-8-7-9-18(16-17)25-23(27)19-10-3-5-12-21(19)26-24(28)20-11-4-6-13-22(20)30-15-14-29-2/h3-13,16H,14-15H2,1-2H3,(H,25,27)(H,26,28). The first-order chi connectivity index (χ1) is 14.6. The van der Waals surface area contributed by atoms with E-state index in [1.165, 1.54) is 0 Å². The van der Waals surface area contributed by atoms with Crippen LogP contribution in [-0.2, 0) is 4.74 Å². The molecule has 0 saturated heterocycles. The van der Waals surface area contributed by atoms with Gasteiger partial charge in [-0.25, -0.2) is 0 Å². The Morgan fingerprint density at radius 3 is 2.27 bits per heavy atom. The molecule has 2 N–H and O–H groups in total. The van der Waals surface area contributed by atoms with Gasteiger partial charge in [0.1, 0.15) is 12.4 Å². The van der Waals surface area contributed by atoms with Gasteiger partial charge in [0.05, 0.1) is 23.4 Å². The number of carbonyl (C=O) groups excluding carboxylic acids is 2. The maximum atomic E-state index is 12.9. The highest BCUT2D eigenvalue weighted by molar-refractivity contribution is 6.13. The lowest BCUT2D eigenvalue weighted by Gasteiger charge is -2.14. The number of rotatable bonds is 8. The summed E-state index contributed by atoms with van der Waals surface area (Å²) in [6.07, 6.45) is 0. The van der Waals surface area contributed by atoms with Crippen molar-refractivity contribution in [3.05, 3.63) is 89.5 Å². The van der Waals surface area contributed by atoms with Gasteiger partial charge in [-0.1, -0.05) is 36.4 Å². The molecule has 0 fully saturated rings. The smallest absolute Gasteiger partial charge is 0.259 e. The van der Waals surface area contributed by atoms with E-state index in [0.29, 0.717) is 41.5 Å². The molecular formula is C24H24N2O4. The number of amides is 2. The third-order valence-corrected chi connectivity index (χ3v) is 4.37. The highest BCUT2D eigenvalue weighted by Crippen LogP contribution is 2.22. The van der Waals surface area contributed by atoms with Crippen LogP contribution in [0.25, 0.3) is 0 Å². The highest BCUT2D eigenvalue weighted by atomic mass is 16.5. The van der Waals surface area contributed by atoms with Crippen molar-refractivity contribution in [2.75, 3.05) is 31.0 Å². The van der Waals surface area contributed by atoms with E-state index in [-0.39, 0.29) is 11.8 Å². The van der Waals surface area contributed by atoms with Gasteiger partial charge < -0.3 is 20.1 Å². The van der Waals surface area contributed by atoms with E-state index >= 15 is 0 Å². The average Bonchev–Trinajstić information content (AvgIpc) is 2.74. The highest BCUT2D eigenvalue weighted by Gasteiger charge is 2.17. The summed E-state index contributed by atoms with van der Waals surface area (Å²) in [6.45, 7) is 2.70. The minimum Gasteiger partial charge on any atom is -0.490 e. The second kappa shape index (κ2) is 10.2. The first-order valence-corrected chi connectivity index (χ1v) is 9.57. The molecule has 0 saturated carbocycles. The fourth-order valence-electron chi connectivity index (χ4n) is 2.92. The van der Waals surface area contributed by atoms with Crippen molar-refractivity contribution in [2.24, 2.45) is 0 Å². The van der Waals surface area contributed by atoms with Gasteiger partial charge in [0, 0.05) is 12.8 Å². The van der Waals surface area contributed by atoms with Gasteiger partial charge in [-0.05, 0) is 48.9 Å². The first kappa shape index (κ1) is 21.1. The van der Waals surface area contributed by atoms with Crippen molar-refractivity contribution < 1.29 is 19.1 Å². The SMILES string of the molecule is COCCOc1ccccc1C(=O)Nc1ccccc1C(=O)Nc1cccc(C)c1. The fraction of sp³-hybridized carbons (Fsp3) is 0.167. The average molecular weight is 404 g/mol. The lowest BCUT2D eigenvalue weighted by Crippen LogP contribution is -2.19. The van der Waals surface area contributed by atoms with Crippen molar-refractivity contribution in [2.45, 2.75) is 6.92 Å². The lowest BCUT2D eigenvalue weighted by atomic mass is 10.1. The number of para-hydroxylation sites is 2.